The highest BCUT2D eigenvalue weighted by molar-refractivity contribution is 4.71. The number of hydrogen-bond acceptors (Lipinski definition) is 0. The molecule has 0 aliphatic rings. The largest absolute Gasteiger partial charge is 0.392 e. The Labute approximate surface area is 67.8 Å². The van der Waals surface area contributed by atoms with Crippen molar-refractivity contribution in [2.45, 2.75) is 44.7 Å². The molecule has 0 amide bonds. The summed E-state index contributed by atoms with van der Waals surface area (Å²) in [5, 5.41) is 0. The minimum Gasteiger partial charge on any atom is -0.244 e. The third-order valence-corrected chi connectivity index (χ3v) is 1.38. The molecule has 0 nitrogen and oxygen atoms in total. The minimum absolute atomic E-state index is 0.156. The van der Waals surface area contributed by atoms with Gasteiger partial charge in [-0.1, -0.05) is 13.3 Å². The van der Waals surface area contributed by atoms with E-state index in [2.05, 4.69) is 0 Å². The second kappa shape index (κ2) is 4.62. The average molecular weight is 190 g/mol. The van der Waals surface area contributed by atoms with Gasteiger partial charge in [-0.05, 0) is 6.42 Å². The maximum atomic E-state index is 12.5. The lowest BCUT2D eigenvalue weighted by Gasteiger charge is -2.14. The predicted octanol–water partition coefficient (Wildman–Crippen LogP) is 3.42. The molecule has 0 aromatic carbocycles. The monoisotopic (exact) mass is 190 g/mol. The van der Waals surface area contributed by atoms with Crippen LogP contribution in [0, 0.1) is 0 Å². The van der Waals surface area contributed by atoms with Crippen molar-refractivity contribution >= 4 is 0 Å². The standard InChI is InChI=1S/C7H11F5/c1-2-3-5(8)6(9)4-7(10,11)12/h5-6H,2-4H2,1H3/t5?,6-/m0/s1. The molecule has 5 heteroatoms. The molecule has 74 valence electrons. The van der Waals surface area contributed by atoms with Crippen molar-refractivity contribution in [1.82, 2.24) is 0 Å². The van der Waals surface area contributed by atoms with E-state index in [1.54, 1.807) is 6.92 Å². The summed E-state index contributed by atoms with van der Waals surface area (Å²) in [7, 11) is 0. The Morgan fingerprint density at radius 3 is 1.92 bits per heavy atom. The zero-order chi connectivity index (χ0) is 9.78. The van der Waals surface area contributed by atoms with E-state index >= 15 is 0 Å². The minimum atomic E-state index is -4.61. The highest BCUT2D eigenvalue weighted by Gasteiger charge is 2.35. The van der Waals surface area contributed by atoms with E-state index in [-0.39, 0.29) is 6.42 Å². The van der Waals surface area contributed by atoms with Crippen molar-refractivity contribution in [2.75, 3.05) is 0 Å². The smallest absolute Gasteiger partial charge is 0.244 e. The SMILES string of the molecule is CCCC(F)[C@@H](F)CC(F)(F)F. The molecule has 0 aromatic rings. The van der Waals surface area contributed by atoms with Crippen LogP contribution < -0.4 is 0 Å². The molecule has 0 N–H and O–H groups in total. The molecule has 12 heavy (non-hydrogen) atoms. The zero-order valence-corrected chi connectivity index (χ0v) is 6.67. The van der Waals surface area contributed by atoms with Crippen LogP contribution in [-0.4, -0.2) is 18.5 Å². The fourth-order valence-corrected chi connectivity index (χ4v) is 0.806. The Morgan fingerprint density at radius 2 is 1.58 bits per heavy atom. The van der Waals surface area contributed by atoms with E-state index in [1.165, 1.54) is 0 Å². The highest BCUT2D eigenvalue weighted by Crippen LogP contribution is 2.26. The first kappa shape index (κ1) is 11.6. The molecule has 0 fully saturated rings. The number of rotatable bonds is 4. The van der Waals surface area contributed by atoms with Gasteiger partial charge in [0.2, 0.25) is 0 Å². The fraction of sp³-hybridized carbons (Fsp3) is 1.00. The van der Waals surface area contributed by atoms with Crippen LogP contribution in [0.1, 0.15) is 26.2 Å². The molecule has 0 saturated heterocycles. The summed E-state index contributed by atoms with van der Waals surface area (Å²) in [6, 6.07) is 0. The Morgan fingerprint density at radius 1 is 1.08 bits per heavy atom. The first-order valence-electron chi connectivity index (χ1n) is 3.71. The van der Waals surface area contributed by atoms with E-state index in [0.29, 0.717) is 6.42 Å². The molecule has 0 aliphatic heterocycles. The third kappa shape index (κ3) is 5.32. The summed E-state index contributed by atoms with van der Waals surface area (Å²) in [5.41, 5.74) is 0. The lowest BCUT2D eigenvalue weighted by molar-refractivity contribution is -0.151. The molecule has 1 unspecified atom stereocenters. The summed E-state index contributed by atoms with van der Waals surface area (Å²) in [6.07, 6.45) is -10.5. The normalized spacial score (nSPS) is 17.5. The Bertz CT molecular complexity index is 119. The van der Waals surface area contributed by atoms with Crippen molar-refractivity contribution in [3.63, 3.8) is 0 Å². The molecule has 0 heterocycles. The molecule has 0 aromatic heterocycles. The summed E-state index contributed by atoms with van der Waals surface area (Å²) in [4.78, 5) is 0. The lowest BCUT2D eigenvalue weighted by Crippen LogP contribution is -2.24. The summed E-state index contributed by atoms with van der Waals surface area (Å²) < 4.78 is 59.3. The fourth-order valence-electron chi connectivity index (χ4n) is 0.806. The Kier molecular flexibility index (Phi) is 4.49. The van der Waals surface area contributed by atoms with Crippen molar-refractivity contribution in [1.29, 1.82) is 0 Å². The van der Waals surface area contributed by atoms with Gasteiger partial charge in [0.05, 0.1) is 6.42 Å². The number of alkyl halides is 5. The van der Waals surface area contributed by atoms with Gasteiger partial charge in [0.1, 0.15) is 12.3 Å². The van der Waals surface area contributed by atoms with Crippen LogP contribution in [0.2, 0.25) is 0 Å². The van der Waals surface area contributed by atoms with Crippen LogP contribution in [-0.2, 0) is 0 Å². The van der Waals surface area contributed by atoms with Crippen LogP contribution in [0.4, 0.5) is 22.0 Å². The van der Waals surface area contributed by atoms with E-state index in [4.69, 9.17) is 0 Å². The quantitative estimate of drug-likeness (QED) is 0.596. The van der Waals surface area contributed by atoms with Gasteiger partial charge in [-0.25, -0.2) is 8.78 Å². The van der Waals surface area contributed by atoms with Gasteiger partial charge in [0.15, 0.2) is 0 Å². The lowest BCUT2D eigenvalue weighted by atomic mass is 10.1. The van der Waals surface area contributed by atoms with Gasteiger partial charge in [0, 0.05) is 0 Å². The topological polar surface area (TPSA) is 0 Å². The van der Waals surface area contributed by atoms with Crippen LogP contribution >= 0.6 is 0 Å². The molecular formula is C7H11F5. The number of hydrogen-bond donors (Lipinski definition) is 0. The second-order valence-electron chi connectivity index (χ2n) is 2.64. The molecule has 2 atom stereocenters. The molecule has 0 aliphatic carbocycles. The van der Waals surface area contributed by atoms with Gasteiger partial charge in [-0.2, -0.15) is 13.2 Å². The van der Waals surface area contributed by atoms with Crippen molar-refractivity contribution in [3.05, 3.63) is 0 Å². The van der Waals surface area contributed by atoms with Crippen molar-refractivity contribution < 1.29 is 22.0 Å². The van der Waals surface area contributed by atoms with Crippen LogP contribution in [0.5, 0.6) is 0 Å². The van der Waals surface area contributed by atoms with Crippen LogP contribution in [0.15, 0.2) is 0 Å². The van der Waals surface area contributed by atoms with E-state index < -0.39 is 24.9 Å². The summed E-state index contributed by atoms with van der Waals surface area (Å²) >= 11 is 0. The van der Waals surface area contributed by atoms with Crippen molar-refractivity contribution in [3.8, 4) is 0 Å². The second-order valence-corrected chi connectivity index (χ2v) is 2.64. The molecule has 0 saturated carbocycles. The van der Waals surface area contributed by atoms with Gasteiger partial charge in [-0.15, -0.1) is 0 Å². The first-order chi connectivity index (χ1) is 5.37. The third-order valence-electron chi connectivity index (χ3n) is 1.38. The summed E-state index contributed by atoms with van der Waals surface area (Å²) in [5.74, 6) is 0. The highest BCUT2D eigenvalue weighted by atomic mass is 19.4. The van der Waals surface area contributed by atoms with E-state index in [1.807, 2.05) is 0 Å². The predicted molar refractivity (Wildman–Crippen MR) is 35.4 cm³/mol. The maximum Gasteiger partial charge on any atom is 0.392 e. The van der Waals surface area contributed by atoms with E-state index in [0.717, 1.165) is 0 Å². The van der Waals surface area contributed by atoms with E-state index in [9.17, 15) is 22.0 Å². The van der Waals surface area contributed by atoms with Gasteiger partial charge in [-0.3, -0.25) is 0 Å². The first-order valence-corrected chi connectivity index (χ1v) is 3.71. The molecule has 0 spiro atoms. The van der Waals surface area contributed by atoms with Crippen LogP contribution in [0.25, 0.3) is 0 Å². The van der Waals surface area contributed by atoms with Crippen LogP contribution in [0.3, 0.4) is 0 Å². The molecule has 0 radical (unpaired) electrons. The van der Waals surface area contributed by atoms with Gasteiger partial charge >= 0.3 is 6.18 Å². The maximum absolute atomic E-state index is 12.5. The average Bonchev–Trinajstić information content (AvgIpc) is 1.84. The van der Waals surface area contributed by atoms with Gasteiger partial charge < -0.3 is 0 Å². The Balaban J connectivity index is 3.78. The zero-order valence-electron chi connectivity index (χ0n) is 6.67. The number of halogens is 5. The van der Waals surface area contributed by atoms with Gasteiger partial charge in [0.25, 0.3) is 0 Å². The molecule has 0 rings (SSSR count). The Hall–Kier alpha value is -0.350. The van der Waals surface area contributed by atoms with Crippen molar-refractivity contribution in [2.24, 2.45) is 0 Å². The molecule has 0 bridgehead atoms. The summed E-state index contributed by atoms with van der Waals surface area (Å²) in [6.45, 7) is 1.59. The molecular weight excluding hydrogens is 179 g/mol.